The maximum Gasteiger partial charge on any atom is 0.311 e. The van der Waals surface area contributed by atoms with Gasteiger partial charge in [-0.2, -0.15) is 0 Å². The summed E-state index contributed by atoms with van der Waals surface area (Å²) in [6, 6.07) is 0. The van der Waals surface area contributed by atoms with E-state index in [9.17, 15) is 10.1 Å². The molecule has 19 heavy (non-hydrogen) atoms. The second-order valence-corrected chi connectivity index (χ2v) is 6.40. The van der Waals surface area contributed by atoms with Crippen LogP contribution in [-0.2, 0) is 19.2 Å². The Morgan fingerprint density at radius 2 is 2.16 bits per heavy atom. The molecule has 0 aromatic carbocycles. The summed E-state index contributed by atoms with van der Waals surface area (Å²) in [5.41, 5.74) is 0. The van der Waals surface area contributed by atoms with Gasteiger partial charge in [-0.3, -0.25) is 4.79 Å². The predicted molar refractivity (Wildman–Crippen MR) is 63.2 cm³/mol. The van der Waals surface area contributed by atoms with Crippen LogP contribution in [0, 0.1) is 23.7 Å². The highest BCUT2D eigenvalue weighted by atomic mass is 17.1. The first kappa shape index (κ1) is 13.3. The van der Waals surface area contributed by atoms with E-state index in [0.29, 0.717) is 18.3 Å². The molecule has 0 N–H and O–H groups in total. The first-order chi connectivity index (χ1) is 9.04. The minimum atomic E-state index is -1.17. The molecule has 2 heterocycles. The molecular formula is C14H21O5-. The van der Waals surface area contributed by atoms with Gasteiger partial charge in [0.1, 0.15) is 0 Å². The molecular weight excluding hydrogens is 248 g/mol. The number of carbonyl (C=O) groups is 1. The van der Waals surface area contributed by atoms with E-state index >= 15 is 0 Å². The van der Waals surface area contributed by atoms with E-state index in [1.54, 1.807) is 6.92 Å². The molecule has 0 radical (unpaired) electrons. The van der Waals surface area contributed by atoms with Crippen LogP contribution in [0.2, 0.25) is 0 Å². The fraction of sp³-hybridized carbons (Fsp3) is 0.929. The smallest absolute Gasteiger partial charge is 0.311 e. The molecule has 3 aliphatic rings. The highest BCUT2D eigenvalue weighted by Crippen LogP contribution is 2.50. The third kappa shape index (κ3) is 2.18. The first-order valence-corrected chi connectivity index (χ1v) is 7.23. The lowest BCUT2D eigenvalue weighted by molar-refractivity contribution is -0.739. The number of hydrogen-bond acceptors (Lipinski definition) is 5. The van der Waals surface area contributed by atoms with Crippen LogP contribution in [0.25, 0.3) is 0 Å². The number of ether oxygens (including phenoxy) is 2. The quantitative estimate of drug-likeness (QED) is 0.408. The molecule has 0 bridgehead atoms. The van der Waals surface area contributed by atoms with E-state index < -0.39 is 12.1 Å². The summed E-state index contributed by atoms with van der Waals surface area (Å²) in [4.78, 5) is 16.2. The van der Waals surface area contributed by atoms with Gasteiger partial charge in [-0.15, -0.1) is 0 Å². The van der Waals surface area contributed by atoms with Crippen molar-refractivity contribution >= 4 is 5.97 Å². The van der Waals surface area contributed by atoms with Crippen LogP contribution in [0.3, 0.4) is 0 Å². The Morgan fingerprint density at radius 3 is 2.89 bits per heavy atom. The van der Waals surface area contributed by atoms with Crippen molar-refractivity contribution in [2.75, 3.05) is 0 Å². The third-order valence-corrected chi connectivity index (χ3v) is 5.22. The van der Waals surface area contributed by atoms with Crippen LogP contribution >= 0.6 is 0 Å². The maximum atomic E-state index is 11.9. The van der Waals surface area contributed by atoms with Crippen LogP contribution < -0.4 is 5.26 Å². The van der Waals surface area contributed by atoms with E-state index in [-0.39, 0.29) is 17.8 Å². The highest BCUT2D eigenvalue weighted by Gasteiger charge is 2.52. The van der Waals surface area contributed by atoms with Gasteiger partial charge in [0.15, 0.2) is 5.79 Å². The molecule has 5 nitrogen and oxygen atoms in total. The molecule has 3 rings (SSSR count). The zero-order valence-corrected chi connectivity index (χ0v) is 11.5. The summed E-state index contributed by atoms with van der Waals surface area (Å²) in [6.45, 7) is 3.58. The van der Waals surface area contributed by atoms with Crippen molar-refractivity contribution in [3.05, 3.63) is 0 Å². The fourth-order valence-corrected chi connectivity index (χ4v) is 4.09. The van der Waals surface area contributed by atoms with Crippen LogP contribution in [-0.4, -0.2) is 18.0 Å². The fourth-order valence-electron chi connectivity index (χ4n) is 4.09. The lowest BCUT2D eigenvalue weighted by Gasteiger charge is -2.46. The van der Waals surface area contributed by atoms with Crippen molar-refractivity contribution in [3.8, 4) is 0 Å². The van der Waals surface area contributed by atoms with Crippen molar-refractivity contribution in [1.29, 1.82) is 0 Å². The van der Waals surface area contributed by atoms with Gasteiger partial charge < -0.3 is 19.6 Å². The Hall–Kier alpha value is -0.650. The molecule has 6 unspecified atom stereocenters. The van der Waals surface area contributed by atoms with Crippen LogP contribution in [0.15, 0.2) is 0 Å². The van der Waals surface area contributed by atoms with Gasteiger partial charge in [0.05, 0.1) is 5.92 Å². The molecule has 6 atom stereocenters. The molecule has 1 saturated carbocycles. The average Bonchev–Trinajstić information content (AvgIpc) is 2.55. The van der Waals surface area contributed by atoms with E-state index in [1.165, 1.54) is 0 Å². The lowest BCUT2D eigenvalue weighted by Crippen LogP contribution is -2.51. The Bertz CT molecular complexity index is 371. The number of esters is 1. The SMILES string of the molecule is CC1C(=O)OC2OC(C)(O[O-])CCC3CCCC1C32. The molecule has 108 valence electrons. The number of hydrogen-bond donors (Lipinski definition) is 0. The molecule has 0 amide bonds. The Morgan fingerprint density at radius 1 is 1.37 bits per heavy atom. The van der Waals surface area contributed by atoms with Gasteiger partial charge in [-0.25, -0.2) is 0 Å². The highest BCUT2D eigenvalue weighted by molar-refractivity contribution is 5.73. The zero-order chi connectivity index (χ0) is 13.6. The van der Waals surface area contributed by atoms with Crippen LogP contribution in [0.4, 0.5) is 0 Å². The maximum absolute atomic E-state index is 11.9. The van der Waals surface area contributed by atoms with Gasteiger partial charge in [0.2, 0.25) is 6.29 Å². The molecule has 0 aromatic rings. The topological polar surface area (TPSA) is 67.8 Å². The van der Waals surface area contributed by atoms with Gasteiger partial charge >= 0.3 is 5.97 Å². The van der Waals surface area contributed by atoms with E-state index in [2.05, 4.69) is 4.89 Å². The second kappa shape index (κ2) is 4.72. The van der Waals surface area contributed by atoms with Crippen molar-refractivity contribution in [3.63, 3.8) is 0 Å². The van der Waals surface area contributed by atoms with Gasteiger partial charge in [-0.1, -0.05) is 13.3 Å². The number of carbonyl (C=O) groups excluding carboxylic acids is 1. The summed E-state index contributed by atoms with van der Waals surface area (Å²) < 4.78 is 11.2. The number of rotatable bonds is 1. The van der Waals surface area contributed by atoms with Crippen LogP contribution in [0.1, 0.15) is 46.0 Å². The van der Waals surface area contributed by atoms with Crippen molar-refractivity contribution in [2.45, 2.75) is 58.0 Å². The lowest BCUT2D eigenvalue weighted by atomic mass is 9.65. The van der Waals surface area contributed by atoms with Gasteiger partial charge in [-0.05, 0) is 38.0 Å². The van der Waals surface area contributed by atoms with Crippen LogP contribution in [0.5, 0.6) is 0 Å². The molecule has 0 aromatic heterocycles. The van der Waals surface area contributed by atoms with Gasteiger partial charge in [0.25, 0.3) is 0 Å². The van der Waals surface area contributed by atoms with Crippen molar-refractivity contribution < 1.29 is 24.4 Å². The second-order valence-electron chi connectivity index (χ2n) is 6.40. The molecule has 2 saturated heterocycles. The Balaban J connectivity index is 1.91. The zero-order valence-electron chi connectivity index (χ0n) is 11.5. The average molecular weight is 269 g/mol. The standard InChI is InChI=1S/C14H22O5/c1-8-10-5-3-4-9-6-7-14(2,19-16)18-13(11(9)10)17-12(8)15/h8-11,13,16H,3-7H2,1-2H3/p-1. The normalized spacial score (nSPS) is 50.1. The van der Waals surface area contributed by atoms with E-state index in [4.69, 9.17) is 9.47 Å². The summed E-state index contributed by atoms with van der Waals surface area (Å²) in [6.07, 6.45) is 4.17. The molecule has 5 heteroatoms. The minimum Gasteiger partial charge on any atom is -0.721 e. The Kier molecular flexibility index (Phi) is 3.31. The molecule has 1 aliphatic carbocycles. The molecule has 2 aliphatic heterocycles. The first-order valence-electron chi connectivity index (χ1n) is 7.23. The summed E-state index contributed by atoms with van der Waals surface area (Å²) in [7, 11) is 0. The minimum absolute atomic E-state index is 0.0647. The van der Waals surface area contributed by atoms with E-state index in [0.717, 1.165) is 25.7 Å². The summed E-state index contributed by atoms with van der Waals surface area (Å²) in [5.74, 6) is -0.436. The summed E-state index contributed by atoms with van der Waals surface area (Å²) in [5, 5.41) is 10.9. The van der Waals surface area contributed by atoms with Crippen molar-refractivity contribution in [1.82, 2.24) is 0 Å². The largest absolute Gasteiger partial charge is 0.721 e. The van der Waals surface area contributed by atoms with E-state index in [1.807, 2.05) is 6.92 Å². The third-order valence-electron chi connectivity index (χ3n) is 5.22. The predicted octanol–water partition coefficient (Wildman–Crippen LogP) is 1.36. The molecule has 3 fully saturated rings. The monoisotopic (exact) mass is 269 g/mol. The van der Waals surface area contributed by atoms with Gasteiger partial charge in [0, 0.05) is 12.3 Å². The molecule has 0 spiro atoms. The Labute approximate surface area is 113 Å². The summed E-state index contributed by atoms with van der Waals surface area (Å²) >= 11 is 0. The van der Waals surface area contributed by atoms with Crippen molar-refractivity contribution in [2.24, 2.45) is 23.7 Å².